The van der Waals surface area contributed by atoms with Gasteiger partial charge in [-0.1, -0.05) is 43.7 Å². The van der Waals surface area contributed by atoms with Gasteiger partial charge in [0, 0.05) is 35.8 Å². The molecule has 3 N–H and O–H groups in total. The number of allylic oxidation sites excluding steroid dienone is 3. The van der Waals surface area contributed by atoms with Crippen LogP contribution in [0.5, 0.6) is 0 Å². The molecule has 192 valence electrons. The highest BCUT2D eigenvalue weighted by atomic mass is 35.5. The number of hydrogen-bond donors (Lipinski definition) is 3. The van der Waals surface area contributed by atoms with Crippen molar-refractivity contribution >= 4 is 29.1 Å². The minimum Gasteiger partial charge on any atom is -0.478 e. The molecule has 3 aliphatic rings. The first kappa shape index (κ1) is 25.9. The monoisotopic (exact) mass is 520 g/mol. The second-order valence-electron chi connectivity index (χ2n) is 9.34. The third-order valence-corrected chi connectivity index (χ3v) is 6.87. The topological polar surface area (TPSA) is 77.0 Å². The Bertz CT molecular complexity index is 1180. The quantitative estimate of drug-likeness (QED) is 0.334. The van der Waals surface area contributed by atoms with Crippen molar-refractivity contribution in [2.75, 3.05) is 11.9 Å². The predicted molar refractivity (Wildman–Crippen MR) is 135 cm³/mol. The minimum absolute atomic E-state index is 0.0201. The molecule has 1 aliphatic carbocycles. The van der Waals surface area contributed by atoms with E-state index in [4.69, 9.17) is 11.6 Å². The first-order valence-corrected chi connectivity index (χ1v) is 12.2. The van der Waals surface area contributed by atoms with E-state index >= 15 is 0 Å². The van der Waals surface area contributed by atoms with Crippen LogP contribution in [0.15, 0.2) is 76.3 Å². The lowest BCUT2D eigenvalue weighted by Gasteiger charge is -2.35. The maximum absolute atomic E-state index is 14.4. The minimum atomic E-state index is -4.78. The molecule has 1 aromatic carbocycles. The summed E-state index contributed by atoms with van der Waals surface area (Å²) in [6.07, 6.45) is 5.18. The summed E-state index contributed by atoms with van der Waals surface area (Å²) in [7, 11) is 0. The number of para-hydroxylation sites is 1. The number of hydrogen-bond acceptors (Lipinski definition) is 5. The summed E-state index contributed by atoms with van der Waals surface area (Å²) in [5, 5.41) is 15.1. The Morgan fingerprint density at radius 3 is 2.64 bits per heavy atom. The molecule has 0 bridgehead atoms. The van der Waals surface area contributed by atoms with Crippen molar-refractivity contribution in [2.24, 2.45) is 10.4 Å². The van der Waals surface area contributed by atoms with Crippen molar-refractivity contribution in [2.45, 2.75) is 51.2 Å². The van der Waals surface area contributed by atoms with Crippen LogP contribution in [0.2, 0.25) is 0 Å². The number of benzene rings is 1. The molecule has 0 saturated heterocycles. The van der Waals surface area contributed by atoms with Gasteiger partial charge in [-0.05, 0) is 49.3 Å². The van der Waals surface area contributed by atoms with E-state index in [1.165, 1.54) is 54.3 Å². The molecule has 1 unspecified atom stereocenters. The number of nitrogens with one attached hydrogen (secondary N) is 2. The lowest BCUT2D eigenvalue weighted by atomic mass is 9.96. The molecule has 36 heavy (non-hydrogen) atoms. The molecule has 6 nitrogen and oxygen atoms in total. The largest absolute Gasteiger partial charge is 0.478 e. The van der Waals surface area contributed by atoms with E-state index in [1.807, 2.05) is 0 Å². The molecule has 0 radical (unpaired) electrons. The van der Waals surface area contributed by atoms with E-state index in [9.17, 15) is 23.1 Å². The number of alkyl halides is 3. The molecule has 1 fully saturated rings. The van der Waals surface area contributed by atoms with Gasteiger partial charge in [0.1, 0.15) is 11.7 Å². The van der Waals surface area contributed by atoms with Gasteiger partial charge in [-0.2, -0.15) is 13.2 Å². The number of amidine groups is 1. The van der Waals surface area contributed by atoms with Crippen LogP contribution >= 0.6 is 11.6 Å². The van der Waals surface area contributed by atoms with Crippen LogP contribution in [0.4, 0.5) is 18.9 Å². The van der Waals surface area contributed by atoms with E-state index in [0.717, 1.165) is 19.3 Å². The summed E-state index contributed by atoms with van der Waals surface area (Å²) in [6.45, 7) is 6.79. The molecule has 10 heteroatoms. The van der Waals surface area contributed by atoms with Crippen molar-refractivity contribution in [3.8, 4) is 0 Å². The maximum atomic E-state index is 14.4. The highest BCUT2D eigenvalue weighted by molar-refractivity contribution is 6.32. The van der Waals surface area contributed by atoms with Gasteiger partial charge in [0.15, 0.2) is 6.04 Å². The molecule has 1 atom stereocenters. The predicted octanol–water partition coefficient (Wildman–Crippen LogP) is 6.38. The van der Waals surface area contributed by atoms with E-state index in [-0.39, 0.29) is 27.7 Å². The summed E-state index contributed by atoms with van der Waals surface area (Å²) in [4.78, 5) is 17.5. The highest BCUT2D eigenvalue weighted by Gasteiger charge is 2.46. The van der Waals surface area contributed by atoms with Gasteiger partial charge < -0.3 is 20.6 Å². The summed E-state index contributed by atoms with van der Waals surface area (Å²) < 4.78 is 43.1. The van der Waals surface area contributed by atoms with Gasteiger partial charge in [-0.15, -0.1) is 0 Å². The summed E-state index contributed by atoms with van der Waals surface area (Å²) >= 11 is 6.20. The summed E-state index contributed by atoms with van der Waals surface area (Å²) in [5.41, 5.74) is 0.0868. The fourth-order valence-corrected chi connectivity index (χ4v) is 4.88. The fourth-order valence-electron chi connectivity index (χ4n) is 4.66. The van der Waals surface area contributed by atoms with E-state index in [1.54, 1.807) is 6.08 Å². The fraction of sp³-hybridized carbons (Fsp3) is 0.385. The molecule has 1 aromatic rings. The number of aliphatic imine (C=N–C) groups is 1. The molecule has 2 aliphatic heterocycles. The molecule has 0 spiro atoms. The third kappa shape index (κ3) is 5.61. The van der Waals surface area contributed by atoms with Crippen molar-refractivity contribution in [3.63, 3.8) is 0 Å². The average Bonchev–Trinajstić information content (AvgIpc) is 3.56. The number of carbonyl (C=O) groups is 1. The summed E-state index contributed by atoms with van der Waals surface area (Å²) in [6, 6.07) is 3.17. The van der Waals surface area contributed by atoms with Crippen molar-refractivity contribution in [1.82, 2.24) is 10.2 Å². The van der Waals surface area contributed by atoms with Crippen LogP contribution in [0, 0.1) is 5.41 Å². The number of fused-ring (bicyclic) bond motifs is 1. The Hall–Kier alpha value is -3.20. The first-order valence-electron chi connectivity index (χ1n) is 11.8. The number of carboxylic acid groups (broad SMARTS) is 1. The zero-order valence-corrected chi connectivity index (χ0v) is 20.6. The summed E-state index contributed by atoms with van der Waals surface area (Å²) in [5.74, 6) is -0.903. The van der Waals surface area contributed by atoms with Crippen molar-refractivity contribution < 1.29 is 23.1 Å². The Morgan fingerprint density at radius 2 is 2.00 bits per heavy atom. The van der Waals surface area contributed by atoms with Crippen LogP contribution in [0.25, 0.3) is 0 Å². The standard InChI is InChI=1S/C26H28ClF3N4O2/c1-3-8-25(9-10-25)11-12-31-21-13-16(2)34-15-17(27)14-19(23(34)33-21)22(26(28,29)30)32-20-7-5-4-6-18(20)24(35)36/h4-7,13-15,22,31-32H,2-3,8-12H2,1H3,(H,35,36). The third-order valence-electron chi connectivity index (χ3n) is 6.67. The Morgan fingerprint density at radius 1 is 1.28 bits per heavy atom. The zero-order chi connectivity index (χ0) is 26.1. The molecular weight excluding hydrogens is 493 g/mol. The lowest BCUT2D eigenvalue weighted by Crippen LogP contribution is -2.45. The van der Waals surface area contributed by atoms with Crippen LogP contribution in [-0.2, 0) is 0 Å². The molecule has 1 saturated carbocycles. The number of anilines is 1. The van der Waals surface area contributed by atoms with E-state index < -0.39 is 18.2 Å². The average molecular weight is 521 g/mol. The van der Waals surface area contributed by atoms with Crippen LogP contribution in [0.3, 0.4) is 0 Å². The normalized spacial score (nSPS) is 19.4. The van der Waals surface area contributed by atoms with Gasteiger partial charge in [-0.25, -0.2) is 9.79 Å². The van der Waals surface area contributed by atoms with E-state index in [0.29, 0.717) is 23.5 Å². The number of aromatic carboxylic acids is 1. The Kier molecular flexibility index (Phi) is 7.22. The zero-order valence-electron chi connectivity index (χ0n) is 19.8. The SMILES string of the molecule is C=C1C=C(NCCC2(CCC)CC2)N=C2C(C(Nc3ccccc3C(=O)O)C(F)(F)F)=CC(Cl)=CN12. The van der Waals surface area contributed by atoms with Crippen molar-refractivity contribution in [3.05, 3.63) is 76.9 Å². The van der Waals surface area contributed by atoms with Gasteiger partial charge in [0.05, 0.1) is 10.6 Å². The van der Waals surface area contributed by atoms with Crippen molar-refractivity contribution in [1.29, 1.82) is 0 Å². The molecule has 0 aromatic heterocycles. The smallest absolute Gasteiger partial charge is 0.412 e. The van der Waals surface area contributed by atoms with Gasteiger partial charge >= 0.3 is 12.1 Å². The second-order valence-corrected chi connectivity index (χ2v) is 9.77. The number of nitrogens with zero attached hydrogens (tertiary/aromatic N) is 2. The number of halogens is 4. The molecule has 4 rings (SSSR count). The number of rotatable bonds is 10. The van der Waals surface area contributed by atoms with Crippen LogP contribution in [-0.4, -0.2) is 40.6 Å². The maximum Gasteiger partial charge on any atom is 0.412 e. The van der Waals surface area contributed by atoms with Gasteiger partial charge in [0.25, 0.3) is 0 Å². The van der Waals surface area contributed by atoms with Gasteiger partial charge in [-0.3, -0.25) is 0 Å². The Balaban J connectivity index is 1.63. The second kappa shape index (κ2) is 10.0. The highest BCUT2D eigenvalue weighted by Crippen LogP contribution is 2.52. The Labute approximate surface area is 212 Å². The van der Waals surface area contributed by atoms with Crippen LogP contribution in [0.1, 0.15) is 49.4 Å². The molecular formula is C26H28ClF3N4O2. The van der Waals surface area contributed by atoms with E-state index in [2.05, 4.69) is 29.1 Å². The van der Waals surface area contributed by atoms with Gasteiger partial charge in [0.2, 0.25) is 0 Å². The molecule has 2 heterocycles. The van der Waals surface area contributed by atoms with Crippen LogP contribution < -0.4 is 10.6 Å². The number of carboxylic acids is 1. The lowest BCUT2D eigenvalue weighted by molar-refractivity contribution is -0.133. The molecule has 0 amide bonds. The first-order chi connectivity index (χ1) is 17.0.